The molecule has 1 aliphatic carbocycles. The fourth-order valence-corrected chi connectivity index (χ4v) is 5.84. The molecule has 1 amide bonds. The summed E-state index contributed by atoms with van der Waals surface area (Å²) in [7, 11) is 0. The number of nitrogens with one attached hydrogen (secondary N) is 1. The van der Waals surface area contributed by atoms with Crippen LogP contribution in [0.25, 0.3) is 10.2 Å². The second kappa shape index (κ2) is 8.05. The summed E-state index contributed by atoms with van der Waals surface area (Å²) >= 11 is 2.94. The van der Waals surface area contributed by atoms with Gasteiger partial charge in [-0.2, -0.15) is 0 Å². The van der Waals surface area contributed by atoms with Gasteiger partial charge in [0.2, 0.25) is 5.91 Å². The van der Waals surface area contributed by atoms with Crippen molar-refractivity contribution in [3.8, 4) is 0 Å². The van der Waals surface area contributed by atoms with Gasteiger partial charge < -0.3 is 5.32 Å². The average Bonchev–Trinajstić information content (AvgIpc) is 3.04. The van der Waals surface area contributed by atoms with Crippen molar-refractivity contribution >= 4 is 44.9 Å². The Morgan fingerprint density at radius 3 is 3.07 bits per heavy atom. The average molecular weight is 415 g/mol. The third kappa shape index (κ3) is 3.71. The van der Waals surface area contributed by atoms with Crippen LogP contribution in [-0.2, 0) is 24.2 Å². The number of aromatic nitrogens is 3. The van der Waals surface area contributed by atoms with Crippen LogP contribution in [0.5, 0.6) is 0 Å². The molecule has 0 fully saturated rings. The topological polar surface area (TPSA) is 76.9 Å². The van der Waals surface area contributed by atoms with Gasteiger partial charge in [-0.05, 0) is 49.8 Å². The third-order valence-electron chi connectivity index (χ3n) is 4.97. The van der Waals surface area contributed by atoms with Crippen molar-refractivity contribution in [2.24, 2.45) is 5.92 Å². The maximum atomic E-state index is 13.1. The van der Waals surface area contributed by atoms with Crippen LogP contribution in [-0.4, -0.2) is 26.2 Å². The Morgan fingerprint density at radius 1 is 1.46 bits per heavy atom. The monoisotopic (exact) mass is 414 g/mol. The highest BCUT2D eigenvalue weighted by atomic mass is 32.2. The van der Waals surface area contributed by atoms with Crippen LogP contribution in [0.1, 0.15) is 30.7 Å². The largest absolute Gasteiger partial charge is 0.324 e. The van der Waals surface area contributed by atoms with Crippen molar-refractivity contribution in [2.75, 3.05) is 11.1 Å². The number of hydrogen-bond acceptors (Lipinski definition) is 6. The van der Waals surface area contributed by atoms with Gasteiger partial charge in [0.1, 0.15) is 4.83 Å². The Hall–Kier alpha value is -2.19. The Bertz CT molecular complexity index is 1080. The number of anilines is 1. The van der Waals surface area contributed by atoms with E-state index in [0.29, 0.717) is 23.3 Å². The smallest absolute Gasteiger partial charge is 0.263 e. The molecule has 0 spiro atoms. The van der Waals surface area contributed by atoms with Gasteiger partial charge in [-0.15, -0.1) is 11.3 Å². The SMILES string of the molecule is CCn1c(SCC(=O)Nc2cccnc2)nc2sc3c(c2c1=O)CCC(C)C3. The van der Waals surface area contributed by atoms with E-state index < -0.39 is 0 Å². The van der Waals surface area contributed by atoms with Crippen LogP contribution in [0.4, 0.5) is 5.69 Å². The molecule has 0 saturated heterocycles. The molecular weight excluding hydrogens is 392 g/mol. The molecule has 3 heterocycles. The first-order chi connectivity index (χ1) is 13.6. The summed E-state index contributed by atoms with van der Waals surface area (Å²) in [6.07, 6.45) is 6.36. The molecule has 0 aromatic carbocycles. The predicted molar refractivity (Wildman–Crippen MR) is 114 cm³/mol. The van der Waals surface area contributed by atoms with Crippen molar-refractivity contribution in [2.45, 2.75) is 44.8 Å². The molecule has 1 unspecified atom stereocenters. The quantitative estimate of drug-likeness (QED) is 0.508. The first-order valence-electron chi connectivity index (χ1n) is 9.44. The third-order valence-corrected chi connectivity index (χ3v) is 7.10. The summed E-state index contributed by atoms with van der Waals surface area (Å²) in [5.74, 6) is 0.697. The van der Waals surface area contributed by atoms with Crippen molar-refractivity contribution < 1.29 is 4.79 Å². The van der Waals surface area contributed by atoms with Crippen molar-refractivity contribution in [1.29, 1.82) is 0 Å². The van der Waals surface area contributed by atoms with Crippen LogP contribution in [0, 0.1) is 5.92 Å². The van der Waals surface area contributed by atoms with E-state index in [1.807, 2.05) is 6.92 Å². The summed E-state index contributed by atoms with van der Waals surface area (Å²) in [6, 6.07) is 3.56. The van der Waals surface area contributed by atoms with E-state index in [0.717, 1.165) is 29.5 Å². The first-order valence-corrected chi connectivity index (χ1v) is 11.2. The highest BCUT2D eigenvalue weighted by molar-refractivity contribution is 7.99. The molecule has 0 aliphatic heterocycles. The summed E-state index contributed by atoms with van der Waals surface area (Å²) in [6.45, 7) is 4.73. The van der Waals surface area contributed by atoms with Crippen molar-refractivity contribution in [3.63, 3.8) is 0 Å². The lowest BCUT2D eigenvalue weighted by Crippen LogP contribution is -2.24. The lowest BCUT2D eigenvalue weighted by atomic mass is 9.89. The maximum absolute atomic E-state index is 13.1. The number of aryl methyl sites for hydroxylation is 1. The van der Waals surface area contributed by atoms with Crippen LogP contribution in [0.2, 0.25) is 0 Å². The summed E-state index contributed by atoms with van der Waals surface area (Å²) in [5, 5.41) is 4.21. The van der Waals surface area contributed by atoms with Crippen LogP contribution < -0.4 is 10.9 Å². The van der Waals surface area contributed by atoms with Crippen LogP contribution >= 0.6 is 23.1 Å². The highest BCUT2D eigenvalue weighted by Crippen LogP contribution is 2.36. The number of thioether (sulfide) groups is 1. The molecule has 4 rings (SSSR count). The van der Waals surface area contributed by atoms with Gasteiger partial charge in [0.05, 0.1) is 23.0 Å². The van der Waals surface area contributed by atoms with Crippen molar-refractivity contribution in [1.82, 2.24) is 14.5 Å². The normalized spacial score (nSPS) is 16.1. The number of thiophene rings is 1. The van der Waals surface area contributed by atoms with Gasteiger partial charge in [-0.3, -0.25) is 19.1 Å². The molecule has 8 heteroatoms. The molecule has 0 bridgehead atoms. The number of amides is 1. The molecule has 146 valence electrons. The van der Waals surface area contributed by atoms with E-state index >= 15 is 0 Å². The molecule has 1 aliphatic rings. The number of hydrogen-bond donors (Lipinski definition) is 1. The van der Waals surface area contributed by atoms with Crippen LogP contribution in [0.3, 0.4) is 0 Å². The molecule has 1 atom stereocenters. The Kier molecular flexibility index (Phi) is 5.50. The number of fused-ring (bicyclic) bond motifs is 3. The van der Waals surface area contributed by atoms with Gasteiger partial charge >= 0.3 is 0 Å². The van der Waals surface area contributed by atoms with Gasteiger partial charge in [0, 0.05) is 17.6 Å². The minimum Gasteiger partial charge on any atom is -0.324 e. The van der Waals surface area contributed by atoms with Crippen LogP contribution in [0.15, 0.2) is 34.5 Å². The van der Waals surface area contributed by atoms with E-state index in [-0.39, 0.29) is 17.2 Å². The molecule has 0 saturated carbocycles. The second-order valence-corrected chi connectivity index (χ2v) is 9.08. The molecule has 1 N–H and O–H groups in total. The van der Waals surface area contributed by atoms with Gasteiger partial charge in [-0.25, -0.2) is 4.98 Å². The number of rotatable bonds is 5. The Labute approximate surface area is 171 Å². The molecular formula is C20H22N4O2S2. The van der Waals surface area contributed by atoms with E-state index in [9.17, 15) is 9.59 Å². The molecule has 28 heavy (non-hydrogen) atoms. The Morgan fingerprint density at radius 2 is 2.32 bits per heavy atom. The van der Waals surface area contributed by atoms with E-state index in [2.05, 4.69) is 17.2 Å². The predicted octanol–water partition coefficient (Wildman–Crippen LogP) is 3.73. The lowest BCUT2D eigenvalue weighted by molar-refractivity contribution is -0.113. The van der Waals surface area contributed by atoms with Gasteiger partial charge in [0.25, 0.3) is 5.56 Å². The summed E-state index contributed by atoms with van der Waals surface area (Å²) in [4.78, 5) is 36.3. The minimum atomic E-state index is -0.144. The lowest BCUT2D eigenvalue weighted by Gasteiger charge is -2.17. The van der Waals surface area contributed by atoms with Crippen molar-refractivity contribution in [3.05, 3.63) is 45.3 Å². The van der Waals surface area contributed by atoms with Gasteiger partial charge in [-0.1, -0.05) is 18.7 Å². The molecule has 0 radical (unpaired) electrons. The van der Waals surface area contributed by atoms with E-state index in [4.69, 9.17) is 4.98 Å². The minimum absolute atomic E-state index is 0.0229. The van der Waals surface area contributed by atoms with E-state index in [1.165, 1.54) is 22.2 Å². The van der Waals surface area contributed by atoms with Gasteiger partial charge in [0.15, 0.2) is 5.16 Å². The standard InChI is InChI=1S/C20H22N4O2S2/c1-3-24-19(26)17-14-7-6-12(2)9-15(14)28-18(17)23-20(24)27-11-16(25)22-13-5-4-8-21-10-13/h4-5,8,10,12H,3,6-7,9,11H2,1-2H3,(H,22,25). The summed E-state index contributed by atoms with van der Waals surface area (Å²) in [5.41, 5.74) is 1.88. The number of pyridine rings is 1. The molecule has 6 nitrogen and oxygen atoms in total. The maximum Gasteiger partial charge on any atom is 0.263 e. The zero-order chi connectivity index (χ0) is 19.7. The Balaban J connectivity index is 1.60. The zero-order valence-electron chi connectivity index (χ0n) is 15.9. The fourth-order valence-electron chi connectivity index (χ4n) is 3.56. The zero-order valence-corrected chi connectivity index (χ0v) is 17.5. The number of nitrogens with zero attached hydrogens (tertiary/aromatic N) is 3. The molecule has 3 aromatic heterocycles. The first kappa shape index (κ1) is 19.1. The second-order valence-electron chi connectivity index (χ2n) is 7.05. The highest BCUT2D eigenvalue weighted by Gasteiger charge is 2.24. The number of carbonyl (C=O) groups excluding carboxylic acids is 1. The fraction of sp³-hybridized carbons (Fsp3) is 0.400. The summed E-state index contributed by atoms with van der Waals surface area (Å²) < 4.78 is 1.69. The van der Waals surface area contributed by atoms with E-state index in [1.54, 1.807) is 40.4 Å². The molecule has 3 aromatic rings. The number of carbonyl (C=O) groups is 1.